The van der Waals surface area contributed by atoms with Crippen molar-refractivity contribution in [3.8, 4) is 0 Å². The molecule has 0 aliphatic rings. The van der Waals surface area contributed by atoms with E-state index >= 15 is 0 Å². The summed E-state index contributed by atoms with van der Waals surface area (Å²) in [5.74, 6) is 0. The van der Waals surface area contributed by atoms with E-state index in [0.29, 0.717) is 17.6 Å². The monoisotopic (exact) mass is 288 g/mol. The Kier molecular flexibility index (Phi) is 5.88. The Morgan fingerprint density at radius 2 is 2.28 bits per heavy atom. The van der Waals surface area contributed by atoms with Gasteiger partial charge in [0.25, 0.3) is 0 Å². The van der Waals surface area contributed by atoms with E-state index in [1.54, 1.807) is 6.20 Å². The third-order valence-corrected chi connectivity index (χ3v) is 3.66. The first kappa shape index (κ1) is 15.2. The lowest BCUT2D eigenvalue weighted by atomic mass is 10.3. The number of halogens is 1. The first-order valence-corrected chi connectivity index (χ1v) is 7.00. The lowest BCUT2D eigenvalue weighted by molar-refractivity contribution is 0.447. The van der Waals surface area contributed by atoms with Crippen molar-refractivity contribution in [3.63, 3.8) is 0 Å². The maximum atomic E-state index is 6.13. The summed E-state index contributed by atoms with van der Waals surface area (Å²) in [6, 6.07) is 0.381. The molecule has 18 heavy (non-hydrogen) atoms. The Balaban J connectivity index is 2.66. The largest absolute Gasteiger partial charge is 0.360 e. The van der Waals surface area contributed by atoms with Crippen molar-refractivity contribution in [2.24, 2.45) is 0 Å². The summed E-state index contributed by atoms with van der Waals surface area (Å²) in [5.41, 5.74) is 0.995. The lowest BCUT2D eigenvalue weighted by Gasteiger charge is -2.24. The van der Waals surface area contributed by atoms with Crippen molar-refractivity contribution in [1.29, 1.82) is 0 Å². The van der Waals surface area contributed by atoms with Crippen LogP contribution >= 0.6 is 23.8 Å². The summed E-state index contributed by atoms with van der Waals surface area (Å²) in [5, 5.41) is 8.93. The van der Waals surface area contributed by atoms with Crippen LogP contribution in [0.15, 0.2) is 6.20 Å². The van der Waals surface area contributed by atoms with Crippen molar-refractivity contribution in [2.45, 2.75) is 46.3 Å². The van der Waals surface area contributed by atoms with Crippen LogP contribution in [0.4, 0.5) is 0 Å². The van der Waals surface area contributed by atoms with Gasteiger partial charge in [0, 0.05) is 19.6 Å². The molecule has 1 unspecified atom stereocenters. The Hall–Kier alpha value is -0.810. The van der Waals surface area contributed by atoms with E-state index in [0.717, 1.165) is 23.8 Å². The zero-order valence-electron chi connectivity index (χ0n) is 11.4. The van der Waals surface area contributed by atoms with Gasteiger partial charge in [-0.3, -0.25) is 4.68 Å². The van der Waals surface area contributed by atoms with Gasteiger partial charge in [0.15, 0.2) is 5.11 Å². The highest BCUT2D eigenvalue weighted by molar-refractivity contribution is 7.80. The summed E-state index contributed by atoms with van der Waals surface area (Å²) >= 11 is 11.5. The molecule has 0 spiro atoms. The van der Waals surface area contributed by atoms with E-state index in [2.05, 4.69) is 24.3 Å². The Morgan fingerprint density at radius 3 is 2.83 bits per heavy atom. The minimum absolute atomic E-state index is 0.381. The molecule has 0 saturated heterocycles. The first-order valence-electron chi connectivity index (χ1n) is 6.21. The van der Waals surface area contributed by atoms with Crippen LogP contribution in [-0.4, -0.2) is 32.9 Å². The van der Waals surface area contributed by atoms with E-state index in [9.17, 15) is 0 Å². The molecule has 1 N–H and O–H groups in total. The SMILES string of the molecule is CCC(C)NC(=S)N(C)Cc1c(Cl)cnn1CC. The van der Waals surface area contributed by atoms with Crippen LogP contribution in [0.25, 0.3) is 0 Å². The molecule has 1 aromatic heterocycles. The van der Waals surface area contributed by atoms with Gasteiger partial charge in [-0.15, -0.1) is 0 Å². The highest BCUT2D eigenvalue weighted by atomic mass is 35.5. The molecule has 4 nitrogen and oxygen atoms in total. The van der Waals surface area contributed by atoms with Gasteiger partial charge in [-0.05, 0) is 32.5 Å². The van der Waals surface area contributed by atoms with Crippen molar-refractivity contribution in [1.82, 2.24) is 20.0 Å². The Bertz CT molecular complexity index is 405. The zero-order valence-corrected chi connectivity index (χ0v) is 13.0. The van der Waals surface area contributed by atoms with Crippen LogP contribution in [0.2, 0.25) is 5.02 Å². The second-order valence-electron chi connectivity index (χ2n) is 4.37. The number of thiocarbonyl (C=S) groups is 1. The predicted molar refractivity (Wildman–Crippen MR) is 79.9 cm³/mol. The van der Waals surface area contributed by atoms with Gasteiger partial charge in [-0.2, -0.15) is 5.10 Å². The van der Waals surface area contributed by atoms with Crippen LogP contribution in [0.3, 0.4) is 0 Å². The van der Waals surface area contributed by atoms with Crippen LogP contribution in [-0.2, 0) is 13.1 Å². The van der Waals surface area contributed by atoms with Crippen molar-refractivity contribution in [2.75, 3.05) is 7.05 Å². The standard InChI is InChI=1S/C12H21ClN4S/c1-5-9(3)15-12(18)16(4)8-11-10(13)7-14-17(11)6-2/h7,9H,5-6,8H2,1-4H3,(H,15,18). The first-order chi connectivity index (χ1) is 8.49. The molecular weight excluding hydrogens is 268 g/mol. The molecule has 1 rings (SSSR count). The second kappa shape index (κ2) is 6.95. The quantitative estimate of drug-likeness (QED) is 0.845. The topological polar surface area (TPSA) is 33.1 Å². The summed E-state index contributed by atoms with van der Waals surface area (Å²) < 4.78 is 1.89. The van der Waals surface area contributed by atoms with E-state index in [-0.39, 0.29) is 0 Å². The number of aromatic nitrogens is 2. The maximum Gasteiger partial charge on any atom is 0.169 e. The van der Waals surface area contributed by atoms with E-state index in [4.69, 9.17) is 23.8 Å². The fraction of sp³-hybridized carbons (Fsp3) is 0.667. The van der Waals surface area contributed by atoms with Gasteiger partial charge in [-0.25, -0.2) is 0 Å². The molecular formula is C12H21ClN4S. The Morgan fingerprint density at radius 1 is 1.61 bits per heavy atom. The van der Waals surface area contributed by atoms with Gasteiger partial charge in [0.2, 0.25) is 0 Å². The molecule has 0 aliphatic heterocycles. The third kappa shape index (κ3) is 3.85. The number of aryl methyl sites for hydroxylation is 1. The highest BCUT2D eigenvalue weighted by Gasteiger charge is 2.13. The van der Waals surface area contributed by atoms with Crippen molar-refractivity contribution < 1.29 is 0 Å². The molecule has 0 radical (unpaired) electrons. The van der Waals surface area contributed by atoms with Gasteiger partial charge in [0.05, 0.1) is 23.5 Å². The zero-order chi connectivity index (χ0) is 13.7. The number of rotatable bonds is 5. The number of nitrogens with one attached hydrogen (secondary N) is 1. The Labute approximate surface area is 119 Å². The average molecular weight is 289 g/mol. The molecule has 0 fully saturated rings. The molecule has 1 atom stereocenters. The van der Waals surface area contributed by atoms with Gasteiger partial charge in [0.1, 0.15) is 0 Å². The van der Waals surface area contributed by atoms with Crippen LogP contribution in [0, 0.1) is 0 Å². The summed E-state index contributed by atoms with van der Waals surface area (Å²) in [6.45, 7) is 7.76. The fourth-order valence-electron chi connectivity index (χ4n) is 1.54. The molecule has 6 heteroatoms. The van der Waals surface area contributed by atoms with Crippen LogP contribution in [0.5, 0.6) is 0 Å². The number of hydrogen-bond donors (Lipinski definition) is 1. The number of nitrogens with zero attached hydrogens (tertiary/aromatic N) is 3. The molecule has 0 aliphatic carbocycles. The number of hydrogen-bond acceptors (Lipinski definition) is 2. The van der Waals surface area contributed by atoms with E-state index in [1.165, 1.54) is 0 Å². The molecule has 0 aromatic carbocycles. The molecule has 0 bridgehead atoms. The minimum atomic E-state index is 0.381. The molecule has 102 valence electrons. The van der Waals surface area contributed by atoms with Gasteiger partial charge in [-0.1, -0.05) is 18.5 Å². The molecule has 1 aromatic rings. The smallest absolute Gasteiger partial charge is 0.169 e. The maximum absolute atomic E-state index is 6.13. The molecule has 0 amide bonds. The normalized spacial score (nSPS) is 12.3. The summed E-state index contributed by atoms with van der Waals surface area (Å²) in [7, 11) is 1.96. The molecule has 1 heterocycles. The second-order valence-corrected chi connectivity index (χ2v) is 5.16. The fourth-order valence-corrected chi connectivity index (χ4v) is 2.00. The molecule has 0 saturated carbocycles. The summed E-state index contributed by atoms with van der Waals surface area (Å²) in [4.78, 5) is 1.98. The van der Waals surface area contributed by atoms with Crippen molar-refractivity contribution in [3.05, 3.63) is 16.9 Å². The minimum Gasteiger partial charge on any atom is -0.360 e. The van der Waals surface area contributed by atoms with Crippen LogP contribution in [0.1, 0.15) is 32.9 Å². The summed E-state index contributed by atoms with van der Waals surface area (Å²) in [6.07, 6.45) is 2.72. The third-order valence-electron chi connectivity index (χ3n) is 2.91. The lowest BCUT2D eigenvalue weighted by Crippen LogP contribution is -2.41. The van der Waals surface area contributed by atoms with E-state index < -0.39 is 0 Å². The predicted octanol–water partition coefficient (Wildman–Crippen LogP) is 2.66. The van der Waals surface area contributed by atoms with Gasteiger partial charge < -0.3 is 10.2 Å². The van der Waals surface area contributed by atoms with Gasteiger partial charge >= 0.3 is 0 Å². The average Bonchev–Trinajstić information content (AvgIpc) is 2.70. The van der Waals surface area contributed by atoms with Crippen LogP contribution < -0.4 is 5.32 Å². The highest BCUT2D eigenvalue weighted by Crippen LogP contribution is 2.16. The van der Waals surface area contributed by atoms with Crippen molar-refractivity contribution >= 4 is 28.9 Å². The van der Waals surface area contributed by atoms with E-state index in [1.807, 2.05) is 23.6 Å².